The second-order valence-electron chi connectivity index (χ2n) is 5.35. The van der Waals surface area contributed by atoms with Crippen molar-refractivity contribution in [3.05, 3.63) is 29.8 Å². The lowest BCUT2D eigenvalue weighted by molar-refractivity contribution is 0.282. The summed E-state index contributed by atoms with van der Waals surface area (Å²) in [5.74, 6) is 0.989. The van der Waals surface area contributed by atoms with E-state index in [-0.39, 0.29) is 0 Å². The summed E-state index contributed by atoms with van der Waals surface area (Å²) in [5, 5.41) is 0. The molecule has 1 N–H and O–H groups in total. The van der Waals surface area contributed by atoms with E-state index in [9.17, 15) is 8.42 Å². The Morgan fingerprint density at radius 1 is 1.35 bits per heavy atom. The van der Waals surface area contributed by atoms with Gasteiger partial charge in [0.2, 0.25) is 0 Å². The molecule has 1 heterocycles. The lowest BCUT2D eigenvalue weighted by atomic mass is 10.0. The third-order valence-electron chi connectivity index (χ3n) is 3.54. The molecule has 1 atom stereocenters. The quantitative estimate of drug-likeness (QED) is 0.849. The van der Waals surface area contributed by atoms with E-state index in [0.29, 0.717) is 30.6 Å². The zero-order valence-electron chi connectivity index (χ0n) is 11.7. The van der Waals surface area contributed by atoms with Crippen LogP contribution in [0.4, 0.5) is 5.69 Å². The minimum absolute atomic E-state index is 0.423. The van der Waals surface area contributed by atoms with E-state index in [1.165, 1.54) is 4.31 Å². The maximum atomic E-state index is 12.3. The molecule has 20 heavy (non-hydrogen) atoms. The Bertz CT molecular complexity index is 531. The second-order valence-corrected chi connectivity index (χ2v) is 7.40. The molecule has 1 aliphatic heterocycles. The molecule has 2 rings (SSSR count). The summed E-state index contributed by atoms with van der Waals surface area (Å²) >= 11 is 5.68. The van der Waals surface area contributed by atoms with Gasteiger partial charge in [-0.05, 0) is 42.9 Å². The van der Waals surface area contributed by atoms with Gasteiger partial charge in [-0.2, -0.15) is 12.7 Å². The summed E-state index contributed by atoms with van der Waals surface area (Å²) in [7, 11) is -3.44. The first kappa shape index (κ1) is 15.6. The number of aryl methyl sites for hydroxylation is 1. The predicted molar refractivity (Wildman–Crippen MR) is 83.4 cm³/mol. The second kappa shape index (κ2) is 6.78. The summed E-state index contributed by atoms with van der Waals surface area (Å²) < 4.78 is 28.8. The van der Waals surface area contributed by atoms with E-state index < -0.39 is 10.2 Å². The molecule has 0 spiro atoms. The van der Waals surface area contributed by atoms with Crippen LogP contribution in [-0.4, -0.2) is 31.7 Å². The Morgan fingerprint density at radius 2 is 2.05 bits per heavy atom. The van der Waals surface area contributed by atoms with Crippen molar-refractivity contribution in [2.45, 2.75) is 26.2 Å². The lowest BCUT2D eigenvalue weighted by Crippen LogP contribution is -2.42. The maximum absolute atomic E-state index is 12.3. The van der Waals surface area contributed by atoms with Gasteiger partial charge in [-0.3, -0.25) is 4.72 Å². The summed E-state index contributed by atoms with van der Waals surface area (Å²) in [4.78, 5) is 0. The highest BCUT2D eigenvalue weighted by Gasteiger charge is 2.26. The predicted octanol–water partition coefficient (Wildman–Crippen LogP) is 2.86. The van der Waals surface area contributed by atoms with Crippen LogP contribution in [0.15, 0.2) is 24.3 Å². The van der Waals surface area contributed by atoms with E-state index in [1.54, 1.807) is 12.1 Å². The van der Waals surface area contributed by atoms with Gasteiger partial charge in [0.25, 0.3) is 0 Å². The fourth-order valence-corrected chi connectivity index (χ4v) is 4.03. The minimum atomic E-state index is -3.44. The highest BCUT2D eigenvalue weighted by Crippen LogP contribution is 2.20. The molecule has 0 bridgehead atoms. The van der Waals surface area contributed by atoms with Gasteiger partial charge < -0.3 is 0 Å². The van der Waals surface area contributed by atoms with E-state index in [2.05, 4.69) is 11.6 Å². The molecule has 1 aromatic rings. The first-order valence-corrected chi connectivity index (χ1v) is 8.91. The summed E-state index contributed by atoms with van der Waals surface area (Å²) in [6, 6.07) is 7.37. The number of hydrogen-bond acceptors (Lipinski definition) is 2. The number of rotatable bonds is 5. The number of benzene rings is 1. The zero-order valence-corrected chi connectivity index (χ0v) is 13.3. The molecular formula is C14H21ClN2O2S. The first-order valence-electron chi connectivity index (χ1n) is 6.94. The average Bonchev–Trinajstić information content (AvgIpc) is 2.41. The number of anilines is 1. The number of nitrogens with zero attached hydrogens (tertiary/aromatic N) is 1. The van der Waals surface area contributed by atoms with Crippen molar-refractivity contribution in [3.8, 4) is 0 Å². The van der Waals surface area contributed by atoms with E-state index in [1.807, 2.05) is 12.1 Å². The normalized spacial score (nSPS) is 20.8. The molecule has 1 aromatic carbocycles. The van der Waals surface area contributed by atoms with Gasteiger partial charge >= 0.3 is 10.2 Å². The van der Waals surface area contributed by atoms with Gasteiger partial charge in [-0.25, -0.2) is 0 Å². The van der Waals surface area contributed by atoms with Crippen molar-refractivity contribution in [1.29, 1.82) is 0 Å². The van der Waals surface area contributed by atoms with Gasteiger partial charge in [0.05, 0.1) is 0 Å². The van der Waals surface area contributed by atoms with Crippen molar-refractivity contribution >= 4 is 27.5 Å². The Labute approximate surface area is 126 Å². The number of halogens is 1. The summed E-state index contributed by atoms with van der Waals surface area (Å²) in [5.41, 5.74) is 1.70. The topological polar surface area (TPSA) is 49.4 Å². The van der Waals surface area contributed by atoms with Gasteiger partial charge in [0.15, 0.2) is 0 Å². The van der Waals surface area contributed by atoms with Crippen molar-refractivity contribution in [3.63, 3.8) is 0 Å². The van der Waals surface area contributed by atoms with E-state index in [4.69, 9.17) is 11.6 Å². The Balaban J connectivity index is 2.03. The third-order valence-corrected chi connectivity index (χ3v) is 5.24. The number of nitrogens with one attached hydrogen (secondary N) is 1. The van der Waals surface area contributed by atoms with Crippen molar-refractivity contribution in [2.24, 2.45) is 5.92 Å². The van der Waals surface area contributed by atoms with Crippen LogP contribution in [-0.2, 0) is 16.6 Å². The summed E-state index contributed by atoms with van der Waals surface area (Å²) in [6.45, 7) is 3.28. The zero-order chi connectivity index (χ0) is 14.6. The Kier molecular flexibility index (Phi) is 5.29. The number of alkyl halides is 1. The molecular weight excluding hydrogens is 296 g/mol. The van der Waals surface area contributed by atoms with Gasteiger partial charge in [-0.15, -0.1) is 11.6 Å². The molecule has 0 aliphatic carbocycles. The fraction of sp³-hybridized carbons (Fsp3) is 0.571. The molecule has 0 amide bonds. The maximum Gasteiger partial charge on any atom is 0.301 e. The average molecular weight is 317 g/mol. The Hall–Kier alpha value is -0.780. The number of piperidine rings is 1. The fourth-order valence-electron chi connectivity index (χ4n) is 2.43. The summed E-state index contributed by atoms with van der Waals surface area (Å²) in [6.07, 6.45) is 2.81. The van der Waals surface area contributed by atoms with E-state index in [0.717, 1.165) is 24.8 Å². The van der Waals surface area contributed by atoms with Crippen LogP contribution in [0.3, 0.4) is 0 Å². The molecule has 1 aliphatic rings. The van der Waals surface area contributed by atoms with Crippen molar-refractivity contribution < 1.29 is 8.42 Å². The van der Waals surface area contributed by atoms with Crippen LogP contribution < -0.4 is 4.72 Å². The standard InChI is InChI=1S/C14H21ClN2O2S/c1-12-3-2-10-17(11-12)20(18,19)16-14-6-4-13(5-7-14)8-9-15/h4-7,12,16H,2-3,8-11H2,1H3. The third kappa shape index (κ3) is 4.11. The lowest BCUT2D eigenvalue weighted by Gasteiger charge is -2.30. The van der Waals surface area contributed by atoms with Crippen LogP contribution in [0.5, 0.6) is 0 Å². The molecule has 1 unspecified atom stereocenters. The van der Waals surface area contributed by atoms with Crippen LogP contribution >= 0.6 is 11.6 Å². The number of hydrogen-bond donors (Lipinski definition) is 1. The molecule has 0 saturated carbocycles. The molecule has 6 heteroatoms. The Morgan fingerprint density at radius 3 is 2.65 bits per heavy atom. The molecule has 0 aromatic heterocycles. The van der Waals surface area contributed by atoms with Gasteiger partial charge in [-0.1, -0.05) is 19.1 Å². The minimum Gasteiger partial charge on any atom is -0.271 e. The van der Waals surface area contributed by atoms with Crippen molar-refractivity contribution in [1.82, 2.24) is 4.31 Å². The molecule has 112 valence electrons. The molecule has 0 radical (unpaired) electrons. The highest BCUT2D eigenvalue weighted by atomic mass is 35.5. The highest BCUT2D eigenvalue weighted by molar-refractivity contribution is 7.90. The first-order chi connectivity index (χ1) is 9.51. The van der Waals surface area contributed by atoms with Gasteiger partial charge in [0, 0.05) is 24.7 Å². The SMILES string of the molecule is CC1CCCN(S(=O)(=O)Nc2ccc(CCCl)cc2)C1. The largest absolute Gasteiger partial charge is 0.301 e. The van der Waals surface area contributed by atoms with Crippen LogP contribution in [0.25, 0.3) is 0 Å². The van der Waals surface area contributed by atoms with E-state index >= 15 is 0 Å². The van der Waals surface area contributed by atoms with Crippen LogP contribution in [0.2, 0.25) is 0 Å². The molecule has 1 fully saturated rings. The van der Waals surface area contributed by atoms with Crippen LogP contribution in [0, 0.1) is 5.92 Å². The molecule has 1 saturated heterocycles. The smallest absolute Gasteiger partial charge is 0.271 e. The monoisotopic (exact) mass is 316 g/mol. The molecule has 4 nitrogen and oxygen atoms in total. The van der Waals surface area contributed by atoms with Crippen LogP contribution in [0.1, 0.15) is 25.3 Å². The van der Waals surface area contributed by atoms with Crippen molar-refractivity contribution in [2.75, 3.05) is 23.7 Å². The van der Waals surface area contributed by atoms with Gasteiger partial charge in [0.1, 0.15) is 0 Å².